The zero-order valence-corrected chi connectivity index (χ0v) is 10.3. The fourth-order valence-corrected chi connectivity index (χ4v) is 1.72. The predicted molar refractivity (Wildman–Crippen MR) is 66.0 cm³/mol. The average molecular weight is 246 g/mol. The van der Waals surface area contributed by atoms with Crippen LogP contribution in [0.25, 0.3) is 11.1 Å². The lowest BCUT2D eigenvalue weighted by atomic mass is 10.0. The number of hydrogen-bond donors (Lipinski definition) is 1. The van der Waals surface area contributed by atoms with Crippen LogP contribution in [0.1, 0.15) is 5.56 Å². The van der Waals surface area contributed by atoms with Crippen LogP contribution < -0.4 is 0 Å². The van der Waals surface area contributed by atoms with Crippen LogP contribution in [0.2, 0.25) is 0 Å². The summed E-state index contributed by atoms with van der Waals surface area (Å²) in [6.07, 6.45) is 3.65. The monoisotopic (exact) mass is 246 g/mol. The lowest BCUT2D eigenvalue weighted by molar-refractivity contribution is -0.139. The van der Waals surface area contributed by atoms with Crippen molar-refractivity contribution in [2.24, 2.45) is 7.05 Å². The van der Waals surface area contributed by atoms with E-state index in [1.54, 1.807) is 42.3 Å². The summed E-state index contributed by atoms with van der Waals surface area (Å²) in [7, 11) is 3.16. The molecule has 0 saturated heterocycles. The van der Waals surface area contributed by atoms with Crippen molar-refractivity contribution in [2.45, 2.75) is 6.42 Å². The van der Waals surface area contributed by atoms with Gasteiger partial charge in [-0.1, -0.05) is 6.07 Å². The number of aromatic nitrogens is 2. The quantitative estimate of drug-likeness (QED) is 0.834. The number of nitrogens with zero attached hydrogens (tertiary/aromatic N) is 2. The van der Waals surface area contributed by atoms with Crippen molar-refractivity contribution in [1.82, 2.24) is 9.78 Å². The molecule has 0 amide bonds. The number of rotatable bonds is 3. The van der Waals surface area contributed by atoms with E-state index in [4.69, 9.17) is 0 Å². The number of esters is 1. The van der Waals surface area contributed by atoms with Crippen molar-refractivity contribution in [2.75, 3.05) is 7.11 Å². The molecule has 0 fully saturated rings. The third-order valence-electron chi connectivity index (χ3n) is 2.65. The van der Waals surface area contributed by atoms with E-state index in [1.165, 1.54) is 7.11 Å². The van der Waals surface area contributed by atoms with E-state index < -0.39 is 0 Å². The van der Waals surface area contributed by atoms with E-state index in [9.17, 15) is 9.90 Å². The second-order valence-corrected chi connectivity index (χ2v) is 4.01. The summed E-state index contributed by atoms with van der Waals surface area (Å²) in [5, 5.41) is 13.9. The minimum absolute atomic E-state index is 0.164. The van der Waals surface area contributed by atoms with Crippen molar-refractivity contribution in [3.63, 3.8) is 0 Å². The van der Waals surface area contributed by atoms with Gasteiger partial charge in [0.2, 0.25) is 0 Å². The molecule has 0 aliphatic carbocycles. The van der Waals surface area contributed by atoms with E-state index in [2.05, 4.69) is 9.84 Å². The smallest absolute Gasteiger partial charge is 0.309 e. The maximum atomic E-state index is 11.2. The number of ether oxygens (including phenoxy) is 1. The van der Waals surface area contributed by atoms with Gasteiger partial charge in [0, 0.05) is 24.4 Å². The second kappa shape index (κ2) is 4.91. The van der Waals surface area contributed by atoms with Crippen molar-refractivity contribution in [3.8, 4) is 16.9 Å². The summed E-state index contributed by atoms with van der Waals surface area (Å²) in [4.78, 5) is 11.2. The van der Waals surface area contributed by atoms with Gasteiger partial charge in [0.05, 0.1) is 19.7 Å². The molecular formula is C13H14N2O3. The largest absolute Gasteiger partial charge is 0.507 e. The van der Waals surface area contributed by atoms with Gasteiger partial charge in [0.25, 0.3) is 0 Å². The van der Waals surface area contributed by atoms with Crippen molar-refractivity contribution < 1.29 is 14.6 Å². The maximum absolute atomic E-state index is 11.2. The lowest BCUT2D eigenvalue weighted by Gasteiger charge is -2.05. The zero-order valence-electron chi connectivity index (χ0n) is 10.3. The van der Waals surface area contributed by atoms with Crippen LogP contribution in [-0.4, -0.2) is 28.0 Å². The van der Waals surface area contributed by atoms with Crippen LogP contribution in [0.3, 0.4) is 0 Å². The molecule has 1 aromatic carbocycles. The molecule has 5 heteroatoms. The van der Waals surface area contributed by atoms with Crippen molar-refractivity contribution in [1.29, 1.82) is 0 Å². The Morgan fingerprint density at radius 3 is 2.89 bits per heavy atom. The standard InChI is InChI=1S/C13H14N2O3/c1-15-8-10(7-14-15)11-5-9(3-4-12(11)16)6-13(17)18-2/h3-5,7-8,16H,6H2,1-2H3. The zero-order chi connectivity index (χ0) is 13.1. The van der Waals surface area contributed by atoms with E-state index in [0.29, 0.717) is 5.56 Å². The highest BCUT2D eigenvalue weighted by Gasteiger charge is 2.09. The molecule has 0 aliphatic rings. The summed E-state index contributed by atoms with van der Waals surface area (Å²) in [6, 6.07) is 5.04. The number of phenols is 1. The summed E-state index contributed by atoms with van der Waals surface area (Å²) >= 11 is 0. The highest BCUT2D eigenvalue weighted by atomic mass is 16.5. The molecule has 94 valence electrons. The Hall–Kier alpha value is -2.30. The average Bonchev–Trinajstić information content (AvgIpc) is 2.78. The van der Waals surface area contributed by atoms with Crippen LogP contribution in [-0.2, 0) is 23.0 Å². The first-order valence-electron chi connectivity index (χ1n) is 5.48. The molecule has 0 atom stereocenters. The molecule has 5 nitrogen and oxygen atoms in total. The fraction of sp³-hybridized carbons (Fsp3) is 0.231. The van der Waals surface area contributed by atoms with Gasteiger partial charge < -0.3 is 9.84 Å². The molecular weight excluding hydrogens is 232 g/mol. The molecule has 1 aromatic heterocycles. The summed E-state index contributed by atoms with van der Waals surface area (Å²) in [5.74, 6) is -0.144. The molecule has 0 spiro atoms. The number of aromatic hydroxyl groups is 1. The Bertz CT molecular complexity index is 575. The molecule has 0 radical (unpaired) electrons. The van der Waals surface area contributed by atoms with Gasteiger partial charge in [0.15, 0.2) is 0 Å². The second-order valence-electron chi connectivity index (χ2n) is 4.01. The summed E-state index contributed by atoms with van der Waals surface area (Å²) in [5.41, 5.74) is 2.25. The van der Waals surface area contributed by atoms with E-state index in [-0.39, 0.29) is 18.1 Å². The predicted octanol–water partition coefficient (Wildman–Crippen LogP) is 1.51. The number of aryl methyl sites for hydroxylation is 1. The highest BCUT2D eigenvalue weighted by Crippen LogP contribution is 2.29. The lowest BCUT2D eigenvalue weighted by Crippen LogP contribution is -2.04. The van der Waals surface area contributed by atoms with Gasteiger partial charge in [-0.25, -0.2) is 0 Å². The molecule has 0 aliphatic heterocycles. The Labute approximate surface area is 105 Å². The maximum Gasteiger partial charge on any atom is 0.309 e. The topological polar surface area (TPSA) is 64.3 Å². The van der Waals surface area contributed by atoms with Crippen LogP contribution in [0.4, 0.5) is 0 Å². The minimum atomic E-state index is -0.308. The molecule has 2 aromatic rings. The third-order valence-corrected chi connectivity index (χ3v) is 2.65. The number of carbonyl (C=O) groups is 1. The number of benzene rings is 1. The Morgan fingerprint density at radius 1 is 1.50 bits per heavy atom. The van der Waals surface area contributed by atoms with Crippen LogP contribution in [0.5, 0.6) is 5.75 Å². The normalized spacial score (nSPS) is 10.3. The van der Waals surface area contributed by atoms with Gasteiger partial charge in [-0.05, 0) is 17.7 Å². The summed E-state index contributed by atoms with van der Waals surface area (Å²) < 4.78 is 6.27. The van der Waals surface area contributed by atoms with E-state index >= 15 is 0 Å². The molecule has 0 saturated carbocycles. The van der Waals surface area contributed by atoms with Crippen LogP contribution in [0.15, 0.2) is 30.6 Å². The molecule has 0 unspecified atom stereocenters. The van der Waals surface area contributed by atoms with Gasteiger partial charge in [0.1, 0.15) is 5.75 Å². The van der Waals surface area contributed by atoms with Crippen LogP contribution >= 0.6 is 0 Å². The molecule has 1 heterocycles. The van der Waals surface area contributed by atoms with Gasteiger partial charge in [-0.3, -0.25) is 9.48 Å². The van der Waals surface area contributed by atoms with Crippen molar-refractivity contribution >= 4 is 5.97 Å². The summed E-state index contributed by atoms with van der Waals surface area (Å²) in [6.45, 7) is 0. The van der Waals surface area contributed by atoms with Gasteiger partial charge >= 0.3 is 5.97 Å². The van der Waals surface area contributed by atoms with Crippen molar-refractivity contribution in [3.05, 3.63) is 36.2 Å². The highest BCUT2D eigenvalue weighted by molar-refractivity contribution is 5.75. The number of carbonyl (C=O) groups excluding carboxylic acids is 1. The molecule has 2 rings (SSSR count). The fourth-order valence-electron chi connectivity index (χ4n) is 1.72. The molecule has 18 heavy (non-hydrogen) atoms. The Morgan fingerprint density at radius 2 is 2.28 bits per heavy atom. The number of phenolic OH excluding ortho intramolecular Hbond substituents is 1. The first kappa shape index (κ1) is 12.2. The van der Waals surface area contributed by atoms with Crippen LogP contribution in [0, 0.1) is 0 Å². The van der Waals surface area contributed by atoms with Gasteiger partial charge in [-0.2, -0.15) is 5.10 Å². The van der Waals surface area contributed by atoms with E-state index in [1.807, 2.05) is 0 Å². The molecule has 0 bridgehead atoms. The Kier molecular flexibility index (Phi) is 3.32. The van der Waals surface area contributed by atoms with Gasteiger partial charge in [-0.15, -0.1) is 0 Å². The SMILES string of the molecule is COC(=O)Cc1ccc(O)c(-c2cnn(C)c2)c1. The minimum Gasteiger partial charge on any atom is -0.507 e. The number of hydrogen-bond acceptors (Lipinski definition) is 4. The first-order chi connectivity index (χ1) is 8.60. The Balaban J connectivity index is 2.35. The first-order valence-corrected chi connectivity index (χ1v) is 5.48. The third kappa shape index (κ3) is 2.51. The number of methoxy groups -OCH3 is 1. The molecule has 1 N–H and O–H groups in total. The van der Waals surface area contributed by atoms with E-state index in [0.717, 1.165) is 11.1 Å².